The van der Waals surface area contributed by atoms with Crippen LogP contribution in [0.15, 0.2) is 0 Å². The van der Waals surface area contributed by atoms with E-state index in [1.54, 1.807) is 0 Å². The van der Waals surface area contributed by atoms with Crippen LogP contribution in [-0.4, -0.2) is 21.6 Å². The maximum atomic E-state index is 11.4. The SMILES string of the molecule is CCCCCCCC(CCCCCCC)OS(=O)(=O)OC. The number of hydrogen-bond donors (Lipinski definition) is 0. The molecule has 21 heavy (non-hydrogen) atoms. The normalized spacial score (nSPS) is 12.2. The van der Waals surface area contributed by atoms with Crippen molar-refractivity contribution in [2.75, 3.05) is 7.11 Å². The first-order valence-corrected chi connectivity index (χ1v) is 9.87. The molecule has 0 atom stereocenters. The second-order valence-corrected chi connectivity index (χ2v) is 7.04. The number of unbranched alkanes of at least 4 members (excludes halogenated alkanes) is 8. The lowest BCUT2D eigenvalue weighted by Gasteiger charge is -2.16. The van der Waals surface area contributed by atoms with E-state index >= 15 is 0 Å². The molecule has 0 spiro atoms. The lowest BCUT2D eigenvalue weighted by molar-refractivity contribution is 0.148. The molecule has 0 saturated heterocycles. The molecule has 0 fully saturated rings. The zero-order valence-corrected chi connectivity index (χ0v) is 14.9. The van der Waals surface area contributed by atoms with Crippen LogP contribution in [0.3, 0.4) is 0 Å². The molecule has 0 saturated carbocycles. The maximum absolute atomic E-state index is 11.4. The largest absolute Gasteiger partial charge is 0.399 e. The van der Waals surface area contributed by atoms with E-state index in [0.717, 1.165) is 45.6 Å². The molecule has 5 heteroatoms. The molecule has 0 aromatic heterocycles. The summed E-state index contributed by atoms with van der Waals surface area (Å²) >= 11 is 0. The maximum Gasteiger partial charge on any atom is 0.399 e. The van der Waals surface area contributed by atoms with E-state index in [9.17, 15) is 8.42 Å². The van der Waals surface area contributed by atoms with Crippen molar-refractivity contribution < 1.29 is 16.8 Å². The fourth-order valence-corrected chi connectivity index (χ4v) is 3.00. The third kappa shape index (κ3) is 13.3. The van der Waals surface area contributed by atoms with Crippen molar-refractivity contribution in [1.82, 2.24) is 0 Å². The fourth-order valence-electron chi connectivity index (χ4n) is 2.40. The van der Waals surface area contributed by atoms with Crippen molar-refractivity contribution >= 4 is 10.4 Å². The molecular formula is C16H34O4S. The highest BCUT2D eigenvalue weighted by Crippen LogP contribution is 2.18. The number of rotatable bonds is 15. The predicted octanol–water partition coefficient (Wildman–Crippen LogP) is 4.98. The summed E-state index contributed by atoms with van der Waals surface area (Å²) in [5, 5.41) is 0. The zero-order chi connectivity index (χ0) is 16.0. The van der Waals surface area contributed by atoms with Gasteiger partial charge in [-0.25, -0.2) is 4.18 Å². The summed E-state index contributed by atoms with van der Waals surface area (Å²) in [5.41, 5.74) is 0. The van der Waals surface area contributed by atoms with Gasteiger partial charge >= 0.3 is 10.4 Å². The van der Waals surface area contributed by atoms with Gasteiger partial charge in [0.25, 0.3) is 0 Å². The summed E-state index contributed by atoms with van der Waals surface area (Å²) in [5.74, 6) is 0. The summed E-state index contributed by atoms with van der Waals surface area (Å²) in [6.45, 7) is 4.38. The Kier molecular flexibility index (Phi) is 13.4. The molecule has 0 rings (SSSR count). The molecule has 0 unspecified atom stereocenters. The molecule has 0 amide bonds. The topological polar surface area (TPSA) is 52.6 Å². The Labute approximate surface area is 131 Å². The Morgan fingerprint density at radius 2 is 1.19 bits per heavy atom. The van der Waals surface area contributed by atoms with Crippen LogP contribution < -0.4 is 0 Å². The van der Waals surface area contributed by atoms with E-state index in [4.69, 9.17) is 4.18 Å². The third-order valence-corrected chi connectivity index (χ3v) is 4.63. The molecule has 0 aliphatic heterocycles. The minimum absolute atomic E-state index is 0.224. The van der Waals surface area contributed by atoms with Crippen molar-refractivity contribution in [2.45, 2.75) is 97.0 Å². The smallest absolute Gasteiger partial charge is 0.252 e. The Hall–Kier alpha value is -0.130. The average Bonchev–Trinajstić information content (AvgIpc) is 2.46. The van der Waals surface area contributed by atoms with Gasteiger partial charge in [-0.15, -0.1) is 0 Å². The van der Waals surface area contributed by atoms with Gasteiger partial charge in [-0.2, -0.15) is 8.42 Å². The molecule has 0 aromatic rings. The Bertz CT molecular complexity index is 300. The first-order valence-electron chi connectivity index (χ1n) is 8.54. The van der Waals surface area contributed by atoms with E-state index in [1.165, 1.54) is 38.5 Å². The highest BCUT2D eigenvalue weighted by Gasteiger charge is 2.18. The van der Waals surface area contributed by atoms with Crippen LogP contribution in [0.2, 0.25) is 0 Å². The molecule has 0 radical (unpaired) electrons. The van der Waals surface area contributed by atoms with Crippen LogP contribution >= 0.6 is 0 Å². The molecular weight excluding hydrogens is 288 g/mol. The van der Waals surface area contributed by atoms with Gasteiger partial charge in [0.05, 0.1) is 13.2 Å². The van der Waals surface area contributed by atoms with Crippen LogP contribution in [0, 0.1) is 0 Å². The van der Waals surface area contributed by atoms with Crippen molar-refractivity contribution in [3.8, 4) is 0 Å². The summed E-state index contributed by atoms with van der Waals surface area (Å²) in [4.78, 5) is 0. The second-order valence-electron chi connectivity index (χ2n) is 5.70. The fraction of sp³-hybridized carbons (Fsp3) is 1.00. The van der Waals surface area contributed by atoms with Gasteiger partial charge in [0.15, 0.2) is 0 Å². The summed E-state index contributed by atoms with van der Waals surface area (Å²) < 4.78 is 32.4. The van der Waals surface area contributed by atoms with E-state index in [1.807, 2.05) is 0 Å². The molecule has 0 heterocycles. The summed E-state index contributed by atoms with van der Waals surface area (Å²) in [6, 6.07) is 0. The van der Waals surface area contributed by atoms with Crippen molar-refractivity contribution in [3.63, 3.8) is 0 Å². The lowest BCUT2D eigenvalue weighted by atomic mass is 10.0. The van der Waals surface area contributed by atoms with Crippen molar-refractivity contribution in [2.24, 2.45) is 0 Å². The van der Waals surface area contributed by atoms with Gasteiger partial charge in [-0.1, -0.05) is 78.1 Å². The summed E-state index contributed by atoms with van der Waals surface area (Å²) in [7, 11) is -2.67. The van der Waals surface area contributed by atoms with E-state index in [-0.39, 0.29) is 6.10 Å². The van der Waals surface area contributed by atoms with Crippen LogP contribution in [0.5, 0.6) is 0 Å². The van der Waals surface area contributed by atoms with E-state index < -0.39 is 10.4 Å². The molecule has 4 nitrogen and oxygen atoms in total. The third-order valence-electron chi connectivity index (χ3n) is 3.72. The first kappa shape index (κ1) is 20.9. The van der Waals surface area contributed by atoms with Crippen LogP contribution in [-0.2, 0) is 18.8 Å². The minimum Gasteiger partial charge on any atom is -0.252 e. The van der Waals surface area contributed by atoms with Gasteiger partial charge in [-0.3, -0.25) is 4.18 Å². The van der Waals surface area contributed by atoms with Gasteiger partial charge in [0.1, 0.15) is 0 Å². The van der Waals surface area contributed by atoms with Gasteiger partial charge in [0, 0.05) is 0 Å². The van der Waals surface area contributed by atoms with Crippen molar-refractivity contribution in [3.05, 3.63) is 0 Å². The molecule has 0 bridgehead atoms. The Morgan fingerprint density at radius 1 is 0.762 bits per heavy atom. The predicted molar refractivity (Wildman–Crippen MR) is 87.6 cm³/mol. The van der Waals surface area contributed by atoms with Crippen LogP contribution in [0.4, 0.5) is 0 Å². The summed E-state index contributed by atoms with van der Waals surface area (Å²) in [6.07, 6.45) is 13.1. The quantitative estimate of drug-likeness (QED) is 0.399. The highest BCUT2D eigenvalue weighted by atomic mass is 32.3. The highest BCUT2D eigenvalue weighted by molar-refractivity contribution is 7.81. The molecule has 0 aliphatic rings. The first-order chi connectivity index (χ1) is 10.1. The Balaban J connectivity index is 4.03. The zero-order valence-electron chi connectivity index (χ0n) is 14.1. The second kappa shape index (κ2) is 13.5. The standard InChI is InChI=1S/C16H34O4S/c1-4-6-8-10-12-14-16(20-21(17,18)19-3)15-13-11-9-7-5-2/h16H,4-15H2,1-3H3. The van der Waals surface area contributed by atoms with Gasteiger partial charge in [0.2, 0.25) is 0 Å². The molecule has 0 N–H and O–H groups in total. The molecule has 0 aliphatic carbocycles. The number of hydrogen-bond acceptors (Lipinski definition) is 4. The lowest BCUT2D eigenvalue weighted by Crippen LogP contribution is -2.19. The minimum atomic E-state index is -3.81. The van der Waals surface area contributed by atoms with Gasteiger partial charge < -0.3 is 0 Å². The average molecular weight is 323 g/mol. The monoisotopic (exact) mass is 322 g/mol. The molecule has 128 valence electrons. The Morgan fingerprint density at radius 3 is 1.57 bits per heavy atom. The van der Waals surface area contributed by atoms with E-state index in [2.05, 4.69) is 18.0 Å². The van der Waals surface area contributed by atoms with Crippen LogP contribution in [0.25, 0.3) is 0 Å². The van der Waals surface area contributed by atoms with Gasteiger partial charge in [-0.05, 0) is 12.8 Å². The molecule has 0 aromatic carbocycles. The van der Waals surface area contributed by atoms with Crippen LogP contribution in [0.1, 0.15) is 90.9 Å². The van der Waals surface area contributed by atoms with E-state index in [0.29, 0.717) is 0 Å². The van der Waals surface area contributed by atoms with Crippen molar-refractivity contribution in [1.29, 1.82) is 0 Å².